The Morgan fingerprint density at radius 2 is 1.88 bits per heavy atom. The highest BCUT2D eigenvalue weighted by Gasteiger charge is 2.00. The smallest absolute Gasteiger partial charge is 0.0828 e. The van der Waals surface area contributed by atoms with Gasteiger partial charge < -0.3 is 0 Å². The van der Waals surface area contributed by atoms with Gasteiger partial charge in [0.1, 0.15) is 0 Å². The fraction of sp³-hybridized carbons (Fsp3) is 0.385. The summed E-state index contributed by atoms with van der Waals surface area (Å²) in [6, 6.07) is 8.83. The van der Waals surface area contributed by atoms with E-state index in [9.17, 15) is 0 Å². The van der Waals surface area contributed by atoms with Gasteiger partial charge in [0.05, 0.1) is 11.9 Å². The second kappa shape index (κ2) is 4.92. The van der Waals surface area contributed by atoms with Crippen molar-refractivity contribution in [2.45, 2.75) is 32.6 Å². The zero-order valence-electron chi connectivity index (χ0n) is 9.77. The number of benzene rings is 1. The number of H-pyrrole nitrogens is 1. The summed E-state index contributed by atoms with van der Waals surface area (Å²) in [6.07, 6.45) is 3.74. The Bertz CT molecular complexity index is 415. The summed E-state index contributed by atoms with van der Waals surface area (Å²) in [6.45, 7) is 4.43. The lowest BCUT2D eigenvalue weighted by atomic mass is 10.00. The van der Waals surface area contributed by atoms with E-state index in [1.165, 1.54) is 11.1 Å². The molecule has 1 aromatic heterocycles. The minimum absolute atomic E-state index is 0.601. The number of nitrogens with zero attached hydrogens (tertiary/aromatic N) is 2. The van der Waals surface area contributed by atoms with E-state index in [-0.39, 0.29) is 0 Å². The summed E-state index contributed by atoms with van der Waals surface area (Å²) in [5, 5.41) is 10.5. The number of aromatic nitrogens is 3. The van der Waals surface area contributed by atoms with Crippen molar-refractivity contribution < 1.29 is 0 Å². The zero-order chi connectivity index (χ0) is 11.4. The van der Waals surface area contributed by atoms with Gasteiger partial charge >= 0.3 is 0 Å². The van der Waals surface area contributed by atoms with Gasteiger partial charge in [0.25, 0.3) is 0 Å². The van der Waals surface area contributed by atoms with Crippen LogP contribution in [-0.2, 0) is 12.8 Å². The summed E-state index contributed by atoms with van der Waals surface area (Å²) in [4.78, 5) is 0. The molecular weight excluding hydrogens is 198 g/mol. The Labute approximate surface area is 95.9 Å². The number of aryl methyl sites for hydroxylation is 2. The molecule has 3 heteroatoms. The normalized spacial score (nSPS) is 10.9. The van der Waals surface area contributed by atoms with E-state index >= 15 is 0 Å². The summed E-state index contributed by atoms with van der Waals surface area (Å²) in [5.74, 6) is 0.601. The topological polar surface area (TPSA) is 41.6 Å². The number of rotatable bonds is 4. The van der Waals surface area contributed by atoms with Gasteiger partial charge in [0, 0.05) is 0 Å². The third-order valence-electron chi connectivity index (χ3n) is 2.78. The summed E-state index contributed by atoms with van der Waals surface area (Å²) >= 11 is 0. The quantitative estimate of drug-likeness (QED) is 0.852. The summed E-state index contributed by atoms with van der Waals surface area (Å²) in [7, 11) is 0. The minimum atomic E-state index is 0.601. The molecule has 0 radical (unpaired) electrons. The third kappa shape index (κ3) is 2.69. The Morgan fingerprint density at radius 3 is 2.44 bits per heavy atom. The van der Waals surface area contributed by atoms with Crippen LogP contribution in [0.4, 0.5) is 0 Å². The fourth-order valence-electron chi connectivity index (χ4n) is 1.69. The number of aromatic amines is 1. The molecule has 0 spiro atoms. The first kappa shape index (κ1) is 10.9. The number of hydrogen-bond donors (Lipinski definition) is 1. The summed E-state index contributed by atoms with van der Waals surface area (Å²) in [5.41, 5.74) is 3.77. The van der Waals surface area contributed by atoms with Crippen LogP contribution in [-0.4, -0.2) is 15.4 Å². The van der Waals surface area contributed by atoms with Crippen LogP contribution in [0, 0.1) is 0 Å². The van der Waals surface area contributed by atoms with Crippen LogP contribution in [0.2, 0.25) is 0 Å². The highest BCUT2D eigenvalue weighted by molar-refractivity contribution is 5.25. The maximum atomic E-state index is 4.04. The van der Waals surface area contributed by atoms with E-state index in [1.807, 2.05) is 0 Å². The molecule has 84 valence electrons. The van der Waals surface area contributed by atoms with Gasteiger partial charge in [-0.05, 0) is 29.9 Å². The molecule has 0 amide bonds. The lowest BCUT2D eigenvalue weighted by molar-refractivity contribution is 0.855. The van der Waals surface area contributed by atoms with E-state index in [1.54, 1.807) is 6.20 Å². The lowest BCUT2D eigenvalue weighted by Gasteiger charge is -2.06. The molecule has 2 rings (SSSR count). The van der Waals surface area contributed by atoms with E-state index in [0.29, 0.717) is 5.92 Å². The van der Waals surface area contributed by atoms with E-state index in [4.69, 9.17) is 0 Å². The number of nitrogens with one attached hydrogen (secondary N) is 1. The maximum absolute atomic E-state index is 4.04. The molecule has 1 heterocycles. The Kier molecular flexibility index (Phi) is 3.34. The van der Waals surface area contributed by atoms with Crippen molar-refractivity contribution in [3.05, 3.63) is 47.3 Å². The lowest BCUT2D eigenvalue weighted by Crippen LogP contribution is -1.93. The van der Waals surface area contributed by atoms with Crippen LogP contribution in [0.25, 0.3) is 0 Å². The zero-order valence-corrected chi connectivity index (χ0v) is 9.77. The van der Waals surface area contributed by atoms with Gasteiger partial charge in [-0.1, -0.05) is 38.1 Å². The van der Waals surface area contributed by atoms with Gasteiger partial charge in [-0.3, -0.25) is 0 Å². The SMILES string of the molecule is CC(C)c1ccc(CCc2cn[nH]n2)cc1. The molecule has 16 heavy (non-hydrogen) atoms. The van der Waals surface area contributed by atoms with Crippen LogP contribution in [0.1, 0.15) is 36.6 Å². The summed E-state index contributed by atoms with van der Waals surface area (Å²) < 4.78 is 0. The Balaban J connectivity index is 1.95. The van der Waals surface area contributed by atoms with Gasteiger partial charge in [-0.15, -0.1) is 0 Å². The molecule has 0 bridgehead atoms. The van der Waals surface area contributed by atoms with Crippen molar-refractivity contribution >= 4 is 0 Å². The van der Waals surface area contributed by atoms with Gasteiger partial charge in [0.2, 0.25) is 0 Å². The van der Waals surface area contributed by atoms with Crippen molar-refractivity contribution in [3.8, 4) is 0 Å². The van der Waals surface area contributed by atoms with Crippen molar-refractivity contribution in [1.29, 1.82) is 0 Å². The van der Waals surface area contributed by atoms with Crippen molar-refractivity contribution in [1.82, 2.24) is 15.4 Å². The minimum Gasteiger partial charge on any atom is -0.198 e. The standard InChI is InChI=1S/C13H17N3/c1-10(2)12-6-3-11(4-7-12)5-8-13-9-14-16-15-13/h3-4,6-7,9-10H,5,8H2,1-2H3,(H,14,15,16). The average molecular weight is 215 g/mol. The van der Waals surface area contributed by atoms with Crippen molar-refractivity contribution in [2.24, 2.45) is 0 Å². The predicted octanol–water partition coefficient (Wildman–Crippen LogP) is 2.71. The molecule has 2 aromatic rings. The van der Waals surface area contributed by atoms with Crippen molar-refractivity contribution in [2.75, 3.05) is 0 Å². The maximum Gasteiger partial charge on any atom is 0.0828 e. The van der Waals surface area contributed by atoms with E-state index < -0.39 is 0 Å². The fourth-order valence-corrected chi connectivity index (χ4v) is 1.69. The molecule has 1 aromatic carbocycles. The average Bonchev–Trinajstić information content (AvgIpc) is 2.80. The molecule has 1 N–H and O–H groups in total. The highest BCUT2D eigenvalue weighted by atomic mass is 15.3. The third-order valence-corrected chi connectivity index (χ3v) is 2.78. The number of hydrogen-bond acceptors (Lipinski definition) is 2. The van der Waals surface area contributed by atoms with Crippen LogP contribution in [0.3, 0.4) is 0 Å². The molecule has 0 aliphatic rings. The van der Waals surface area contributed by atoms with Crippen LogP contribution in [0.5, 0.6) is 0 Å². The molecule has 0 aliphatic carbocycles. The van der Waals surface area contributed by atoms with Crippen molar-refractivity contribution in [3.63, 3.8) is 0 Å². The molecule has 0 fully saturated rings. The molecule has 0 aliphatic heterocycles. The van der Waals surface area contributed by atoms with Crippen LogP contribution in [0.15, 0.2) is 30.5 Å². The second-order valence-corrected chi connectivity index (χ2v) is 4.36. The monoisotopic (exact) mass is 215 g/mol. The van der Waals surface area contributed by atoms with E-state index in [2.05, 4.69) is 53.5 Å². The largest absolute Gasteiger partial charge is 0.198 e. The molecule has 0 unspecified atom stereocenters. The Morgan fingerprint density at radius 1 is 1.12 bits per heavy atom. The van der Waals surface area contributed by atoms with E-state index in [0.717, 1.165) is 18.5 Å². The molecule has 0 atom stereocenters. The van der Waals surface area contributed by atoms with Gasteiger partial charge in [0.15, 0.2) is 0 Å². The van der Waals surface area contributed by atoms with Crippen LogP contribution < -0.4 is 0 Å². The first-order valence-corrected chi connectivity index (χ1v) is 5.69. The second-order valence-electron chi connectivity index (χ2n) is 4.36. The highest BCUT2D eigenvalue weighted by Crippen LogP contribution is 2.15. The Hall–Kier alpha value is -1.64. The molecule has 0 saturated heterocycles. The first-order valence-electron chi connectivity index (χ1n) is 5.69. The first-order chi connectivity index (χ1) is 7.75. The molecule has 3 nitrogen and oxygen atoms in total. The van der Waals surface area contributed by atoms with Gasteiger partial charge in [-0.25, -0.2) is 0 Å². The molecule has 0 saturated carbocycles. The van der Waals surface area contributed by atoms with Gasteiger partial charge in [-0.2, -0.15) is 15.4 Å². The molecular formula is C13H17N3. The predicted molar refractivity (Wildman–Crippen MR) is 64.3 cm³/mol. The van der Waals surface area contributed by atoms with Crippen LogP contribution >= 0.6 is 0 Å².